The highest BCUT2D eigenvalue weighted by Crippen LogP contribution is 2.21. The molecule has 1 atom stereocenters. The van der Waals surface area contributed by atoms with Crippen LogP contribution < -0.4 is 10.3 Å². The van der Waals surface area contributed by atoms with Crippen molar-refractivity contribution in [3.05, 3.63) is 57.5 Å². The monoisotopic (exact) mass is 355 g/mol. The van der Waals surface area contributed by atoms with Crippen molar-refractivity contribution in [2.45, 2.75) is 40.3 Å². The highest BCUT2D eigenvalue weighted by molar-refractivity contribution is 5.81. The zero-order valence-electron chi connectivity index (χ0n) is 15.7. The van der Waals surface area contributed by atoms with Crippen LogP contribution in [0.25, 0.3) is 0 Å². The summed E-state index contributed by atoms with van der Waals surface area (Å²) < 4.78 is 7.28. The van der Waals surface area contributed by atoms with E-state index in [1.807, 2.05) is 39.0 Å². The van der Waals surface area contributed by atoms with E-state index in [2.05, 4.69) is 5.10 Å². The van der Waals surface area contributed by atoms with Gasteiger partial charge in [-0.15, -0.1) is 0 Å². The average Bonchev–Trinajstić information content (AvgIpc) is 2.56. The number of carbonyl (C=O) groups is 1. The summed E-state index contributed by atoms with van der Waals surface area (Å²) in [5.74, 6) is 0.935. The first-order valence-corrected chi connectivity index (χ1v) is 8.91. The van der Waals surface area contributed by atoms with Crippen molar-refractivity contribution in [2.75, 3.05) is 13.1 Å². The third-order valence-electron chi connectivity index (χ3n) is 4.84. The highest BCUT2D eigenvalue weighted by Gasteiger charge is 2.34. The number of hydrogen-bond donors (Lipinski definition) is 0. The van der Waals surface area contributed by atoms with Gasteiger partial charge in [0, 0.05) is 25.1 Å². The van der Waals surface area contributed by atoms with Gasteiger partial charge in [-0.1, -0.05) is 6.07 Å². The second kappa shape index (κ2) is 7.32. The Bertz CT molecular complexity index is 869. The molecule has 1 unspecified atom stereocenters. The molecule has 1 saturated heterocycles. The van der Waals surface area contributed by atoms with Crippen molar-refractivity contribution >= 4 is 5.91 Å². The fourth-order valence-corrected chi connectivity index (χ4v) is 3.09. The van der Waals surface area contributed by atoms with E-state index in [0.717, 1.165) is 11.3 Å². The van der Waals surface area contributed by atoms with Crippen LogP contribution in [0.4, 0.5) is 0 Å². The number of rotatable bonds is 5. The van der Waals surface area contributed by atoms with Gasteiger partial charge >= 0.3 is 0 Å². The van der Waals surface area contributed by atoms with Crippen LogP contribution in [0.2, 0.25) is 0 Å². The largest absolute Gasteiger partial charge is 0.481 e. The molecule has 1 fully saturated rings. The van der Waals surface area contributed by atoms with Crippen LogP contribution in [-0.2, 0) is 11.3 Å². The summed E-state index contributed by atoms with van der Waals surface area (Å²) in [6, 6.07) is 9.08. The van der Waals surface area contributed by atoms with Crippen LogP contribution in [0.3, 0.4) is 0 Å². The molecular weight excluding hydrogens is 330 g/mol. The molecular formula is C20H25N3O3. The minimum atomic E-state index is -0.530. The number of carbonyl (C=O) groups excluding carboxylic acids is 1. The van der Waals surface area contributed by atoms with Gasteiger partial charge < -0.3 is 9.64 Å². The molecule has 0 bridgehead atoms. The lowest BCUT2D eigenvalue weighted by atomic mass is 9.99. The van der Waals surface area contributed by atoms with E-state index in [-0.39, 0.29) is 17.4 Å². The standard InChI is InChI=1S/C20H25N3O3/c1-13-5-7-18(9-14(13)2)26-16(4)20(25)22-10-17(11-22)12-23-19(24)8-6-15(3)21-23/h5-9,16-17H,10-12H2,1-4H3. The molecule has 1 aromatic heterocycles. The third-order valence-corrected chi connectivity index (χ3v) is 4.84. The van der Waals surface area contributed by atoms with E-state index in [0.29, 0.717) is 25.4 Å². The number of benzene rings is 1. The number of nitrogens with zero attached hydrogens (tertiary/aromatic N) is 3. The zero-order valence-corrected chi connectivity index (χ0v) is 15.7. The fourth-order valence-electron chi connectivity index (χ4n) is 3.09. The number of aryl methyl sites for hydroxylation is 3. The quantitative estimate of drug-likeness (QED) is 0.824. The van der Waals surface area contributed by atoms with Gasteiger partial charge in [0.2, 0.25) is 0 Å². The Labute approximate surface area is 153 Å². The van der Waals surface area contributed by atoms with E-state index in [1.54, 1.807) is 17.9 Å². The first-order chi connectivity index (χ1) is 12.3. The van der Waals surface area contributed by atoms with Gasteiger partial charge in [0.25, 0.3) is 11.5 Å². The van der Waals surface area contributed by atoms with Crippen molar-refractivity contribution in [3.63, 3.8) is 0 Å². The maximum Gasteiger partial charge on any atom is 0.266 e. The Balaban J connectivity index is 1.53. The summed E-state index contributed by atoms with van der Waals surface area (Å²) >= 11 is 0. The van der Waals surface area contributed by atoms with E-state index in [9.17, 15) is 9.59 Å². The predicted molar refractivity (Wildman–Crippen MR) is 99.3 cm³/mol. The molecule has 1 aliphatic heterocycles. The molecule has 6 nitrogen and oxygen atoms in total. The third kappa shape index (κ3) is 3.95. The first-order valence-electron chi connectivity index (χ1n) is 8.91. The van der Waals surface area contributed by atoms with Crippen LogP contribution in [0.5, 0.6) is 5.75 Å². The van der Waals surface area contributed by atoms with E-state index in [4.69, 9.17) is 4.74 Å². The molecule has 1 aliphatic rings. The van der Waals surface area contributed by atoms with Gasteiger partial charge in [-0.3, -0.25) is 9.59 Å². The van der Waals surface area contributed by atoms with E-state index < -0.39 is 6.10 Å². The highest BCUT2D eigenvalue weighted by atomic mass is 16.5. The molecule has 138 valence electrons. The normalized spacial score (nSPS) is 15.5. The molecule has 0 radical (unpaired) electrons. The van der Waals surface area contributed by atoms with Gasteiger partial charge in [0.1, 0.15) is 5.75 Å². The number of likely N-dealkylation sites (tertiary alicyclic amines) is 1. The zero-order chi connectivity index (χ0) is 18.8. The lowest BCUT2D eigenvalue weighted by molar-refractivity contribution is -0.144. The summed E-state index contributed by atoms with van der Waals surface area (Å²) in [6.07, 6.45) is -0.530. The van der Waals surface area contributed by atoms with Crippen molar-refractivity contribution in [2.24, 2.45) is 5.92 Å². The van der Waals surface area contributed by atoms with Gasteiger partial charge in [0.15, 0.2) is 6.10 Å². The van der Waals surface area contributed by atoms with Crippen LogP contribution >= 0.6 is 0 Å². The van der Waals surface area contributed by atoms with E-state index in [1.165, 1.54) is 16.3 Å². The van der Waals surface area contributed by atoms with Gasteiger partial charge in [-0.2, -0.15) is 5.10 Å². The Morgan fingerprint density at radius 2 is 1.92 bits per heavy atom. The second-order valence-corrected chi connectivity index (χ2v) is 7.11. The maximum absolute atomic E-state index is 12.5. The Morgan fingerprint density at radius 3 is 2.62 bits per heavy atom. The van der Waals surface area contributed by atoms with Crippen molar-refractivity contribution in [3.8, 4) is 5.75 Å². The van der Waals surface area contributed by atoms with Crippen molar-refractivity contribution < 1.29 is 9.53 Å². The Morgan fingerprint density at radius 1 is 1.19 bits per heavy atom. The van der Waals surface area contributed by atoms with Gasteiger partial charge in [0.05, 0.1) is 12.2 Å². The molecule has 0 saturated carbocycles. The van der Waals surface area contributed by atoms with Crippen LogP contribution in [0.15, 0.2) is 35.1 Å². The van der Waals surface area contributed by atoms with Gasteiger partial charge in [-0.25, -0.2) is 4.68 Å². The summed E-state index contributed by atoms with van der Waals surface area (Å²) in [7, 11) is 0. The molecule has 1 amide bonds. The molecule has 1 aromatic carbocycles. The minimum absolute atomic E-state index is 0.0240. The first kappa shape index (κ1) is 18.2. The Kier molecular flexibility index (Phi) is 5.11. The molecule has 2 heterocycles. The second-order valence-electron chi connectivity index (χ2n) is 7.11. The number of ether oxygens (including phenoxy) is 1. The lowest BCUT2D eigenvalue weighted by Gasteiger charge is -2.40. The topological polar surface area (TPSA) is 64.4 Å². The molecule has 2 aromatic rings. The minimum Gasteiger partial charge on any atom is -0.481 e. The SMILES string of the molecule is Cc1ccc(=O)n(CC2CN(C(=O)C(C)Oc3ccc(C)c(C)c3)C2)n1. The molecule has 6 heteroatoms. The number of aromatic nitrogens is 2. The average molecular weight is 355 g/mol. The maximum atomic E-state index is 12.5. The molecule has 3 rings (SSSR count). The van der Waals surface area contributed by atoms with Crippen LogP contribution in [-0.4, -0.2) is 39.8 Å². The lowest BCUT2D eigenvalue weighted by Crippen LogP contribution is -2.55. The van der Waals surface area contributed by atoms with Crippen LogP contribution in [0.1, 0.15) is 23.7 Å². The molecule has 26 heavy (non-hydrogen) atoms. The number of hydrogen-bond acceptors (Lipinski definition) is 4. The summed E-state index contributed by atoms with van der Waals surface area (Å²) in [5, 5.41) is 4.25. The number of amides is 1. The summed E-state index contributed by atoms with van der Waals surface area (Å²) in [5.41, 5.74) is 3.04. The van der Waals surface area contributed by atoms with Crippen LogP contribution in [0, 0.1) is 26.7 Å². The predicted octanol–water partition coefficient (Wildman–Crippen LogP) is 2.09. The summed E-state index contributed by atoms with van der Waals surface area (Å²) in [4.78, 5) is 26.1. The van der Waals surface area contributed by atoms with Crippen molar-refractivity contribution in [1.82, 2.24) is 14.7 Å². The Hall–Kier alpha value is -2.63. The smallest absolute Gasteiger partial charge is 0.266 e. The van der Waals surface area contributed by atoms with Gasteiger partial charge in [-0.05, 0) is 57.0 Å². The van der Waals surface area contributed by atoms with E-state index >= 15 is 0 Å². The van der Waals surface area contributed by atoms with Crippen molar-refractivity contribution in [1.29, 1.82) is 0 Å². The molecule has 0 aliphatic carbocycles. The summed E-state index contributed by atoms with van der Waals surface area (Å²) in [6.45, 7) is 9.49. The molecule has 0 spiro atoms. The fraction of sp³-hybridized carbons (Fsp3) is 0.450. The molecule has 0 N–H and O–H groups in total.